The lowest BCUT2D eigenvalue weighted by Crippen LogP contribution is -2.24. The van der Waals surface area contributed by atoms with E-state index in [0.29, 0.717) is 0 Å². The molecule has 0 aliphatic rings. The highest BCUT2D eigenvalue weighted by Gasteiger charge is 2.20. The van der Waals surface area contributed by atoms with Crippen LogP contribution >= 0.6 is 11.6 Å². The standard InChI is InChI=1S/C10H12ClN3O3S/c1-5-6(9(15)14-10(12)13)3-4-7(11)8(5)18(2,16)17/h3-4H,1-2H3,(H4,12,13,14,15). The largest absolute Gasteiger partial charge is 0.370 e. The first kappa shape index (κ1) is 14.5. The number of rotatable bonds is 2. The van der Waals surface area contributed by atoms with Gasteiger partial charge in [-0.1, -0.05) is 11.6 Å². The summed E-state index contributed by atoms with van der Waals surface area (Å²) in [6.07, 6.45) is 1.01. The predicted octanol–water partition coefficient (Wildman–Crippen LogP) is 0.466. The molecule has 0 spiro atoms. The Labute approximate surface area is 110 Å². The minimum atomic E-state index is -3.54. The van der Waals surface area contributed by atoms with Crippen LogP contribution in [0.25, 0.3) is 0 Å². The van der Waals surface area contributed by atoms with Crippen LogP contribution in [0, 0.1) is 6.92 Å². The Hall–Kier alpha value is -1.60. The minimum absolute atomic E-state index is 0.0521. The van der Waals surface area contributed by atoms with Crippen LogP contribution in [-0.2, 0) is 9.84 Å². The van der Waals surface area contributed by atoms with Crippen molar-refractivity contribution in [3.63, 3.8) is 0 Å². The van der Waals surface area contributed by atoms with Gasteiger partial charge >= 0.3 is 0 Å². The molecule has 0 aliphatic heterocycles. The SMILES string of the molecule is Cc1c(C(=O)N=C(N)N)ccc(Cl)c1S(C)(=O)=O. The van der Waals surface area contributed by atoms with Crippen molar-refractivity contribution in [3.8, 4) is 0 Å². The monoisotopic (exact) mass is 289 g/mol. The minimum Gasteiger partial charge on any atom is -0.370 e. The van der Waals surface area contributed by atoms with Crippen molar-refractivity contribution < 1.29 is 13.2 Å². The maximum Gasteiger partial charge on any atom is 0.280 e. The molecule has 4 N–H and O–H groups in total. The topological polar surface area (TPSA) is 116 Å². The van der Waals surface area contributed by atoms with E-state index in [0.717, 1.165) is 6.26 Å². The second-order valence-corrected chi connectivity index (χ2v) is 6.02. The number of benzene rings is 1. The second kappa shape index (κ2) is 4.95. The summed E-state index contributed by atoms with van der Waals surface area (Å²) >= 11 is 5.82. The van der Waals surface area contributed by atoms with Gasteiger partial charge in [0.2, 0.25) is 0 Å². The van der Waals surface area contributed by atoms with E-state index in [9.17, 15) is 13.2 Å². The summed E-state index contributed by atoms with van der Waals surface area (Å²) in [4.78, 5) is 14.9. The van der Waals surface area contributed by atoms with Gasteiger partial charge in [0.05, 0.1) is 9.92 Å². The molecular weight excluding hydrogens is 278 g/mol. The molecule has 8 heteroatoms. The molecule has 0 heterocycles. The third kappa shape index (κ3) is 2.99. The van der Waals surface area contributed by atoms with Gasteiger partial charge in [0.1, 0.15) is 0 Å². The Morgan fingerprint density at radius 3 is 2.33 bits per heavy atom. The van der Waals surface area contributed by atoms with E-state index in [1.54, 1.807) is 0 Å². The Morgan fingerprint density at radius 2 is 1.89 bits per heavy atom. The van der Waals surface area contributed by atoms with Crippen LogP contribution in [0.2, 0.25) is 5.02 Å². The predicted molar refractivity (Wildman–Crippen MR) is 69.4 cm³/mol. The molecule has 0 aliphatic carbocycles. The van der Waals surface area contributed by atoms with Crippen molar-refractivity contribution >= 4 is 33.3 Å². The number of guanidine groups is 1. The fourth-order valence-corrected chi connectivity index (χ4v) is 3.24. The van der Waals surface area contributed by atoms with Crippen LogP contribution in [0.3, 0.4) is 0 Å². The van der Waals surface area contributed by atoms with Crippen LogP contribution in [-0.4, -0.2) is 26.5 Å². The van der Waals surface area contributed by atoms with Gasteiger partial charge in [-0.25, -0.2) is 8.42 Å². The molecule has 0 fully saturated rings. The summed E-state index contributed by atoms with van der Waals surface area (Å²) in [6.45, 7) is 1.47. The molecule has 18 heavy (non-hydrogen) atoms. The molecule has 0 radical (unpaired) electrons. The molecule has 98 valence electrons. The number of carbonyl (C=O) groups is 1. The third-order valence-electron chi connectivity index (χ3n) is 2.19. The highest BCUT2D eigenvalue weighted by Crippen LogP contribution is 2.27. The van der Waals surface area contributed by atoms with Gasteiger partial charge in [0.15, 0.2) is 15.8 Å². The van der Waals surface area contributed by atoms with Gasteiger partial charge in [-0.15, -0.1) is 0 Å². The van der Waals surface area contributed by atoms with Crippen molar-refractivity contribution in [2.75, 3.05) is 6.26 Å². The van der Waals surface area contributed by atoms with E-state index < -0.39 is 21.7 Å². The molecular formula is C10H12ClN3O3S. The smallest absolute Gasteiger partial charge is 0.280 e. The van der Waals surface area contributed by atoms with E-state index in [-0.39, 0.29) is 21.0 Å². The number of halogens is 1. The molecule has 0 bridgehead atoms. The van der Waals surface area contributed by atoms with Gasteiger partial charge in [0, 0.05) is 11.8 Å². The molecule has 1 rings (SSSR count). The summed E-state index contributed by atoms with van der Waals surface area (Å²) in [7, 11) is -3.54. The van der Waals surface area contributed by atoms with Crippen molar-refractivity contribution in [2.45, 2.75) is 11.8 Å². The number of aliphatic imine (C=N–C) groups is 1. The summed E-state index contributed by atoms with van der Waals surface area (Å²) < 4.78 is 23.2. The van der Waals surface area contributed by atoms with Crippen molar-refractivity contribution in [3.05, 3.63) is 28.3 Å². The van der Waals surface area contributed by atoms with Crippen LogP contribution < -0.4 is 11.5 Å². The second-order valence-electron chi connectivity index (χ2n) is 3.66. The highest BCUT2D eigenvalue weighted by atomic mass is 35.5. The maximum atomic E-state index is 11.7. The number of nitrogens with two attached hydrogens (primary N) is 2. The number of hydrogen-bond acceptors (Lipinski definition) is 3. The van der Waals surface area contributed by atoms with E-state index in [4.69, 9.17) is 23.1 Å². The Morgan fingerprint density at radius 1 is 1.33 bits per heavy atom. The first-order valence-electron chi connectivity index (χ1n) is 4.77. The van der Waals surface area contributed by atoms with Crippen LogP contribution in [0.5, 0.6) is 0 Å². The Bertz CT molecular complexity index is 634. The summed E-state index contributed by atoms with van der Waals surface area (Å²) in [5.41, 5.74) is 10.5. The van der Waals surface area contributed by atoms with Gasteiger partial charge in [-0.3, -0.25) is 4.79 Å². The van der Waals surface area contributed by atoms with Gasteiger partial charge in [-0.2, -0.15) is 4.99 Å². The number of nitrogens with zero attached hydrogens (tertiary/aromatic N) is 1. The van der Waals surface area contributed by atoms with Crippen LogP contribution in [0.1, 0.15) is 15.9 Å². The van der Waals surface area contributed by atoms with E-state index >= 15 is 0 Å². The lowest BCUT2D eigenvalue weighted by molar-refractivity contribution is 0.100. The number of carbonyl (C=O) groups excluding carboxylic acids is 1. The molecule has 0 unspecified atom stereocenters. The van der Waals surface area contributed by atoms with Gasteiger partial charge in [0.25, 0.3) is 5.91 Å². The number of amides is 1. The van der Waals surface area contributed by atoms with E-state index in [1.165, 1.54) is 19.1 Å². The summed E-state index contributed by atoms with van der Waals surface area (Å²) in [5, 5.41) is 0.0521. The zero-order valence-corrected chi connectivity index (χ0v) is 11.3. The zero-order chi connectivity index (χ0) is 14.1. The molecule has 6 nitrogen and oxygen atoms in total. The van der Waals surface area contributed by atoms with Crippen molar-refractivity contribution in [1.29, 1.82) is 0 Å². The summed E-state index contributed by atoms with van der Waals surface area (Å²) in [6, 6.07) is 2.70. The number of sulfone groups is 1. The molecule has 1 aromatic rings. The lowest BCUT2D eigenvalue weighted by Gasteiger charge is -2.09. The first-order valence-corrected chi connectivity index (χ1v) is 7.04. The summed E-state index contributed by atoms with van der Waals surface area (Å²) in [5.74, 6) is -1.11. The Balaban J connectivity index is 3.53. The van der Waals surface area contributed by atoms with E-state index in [2.05, 4.69) is 4.99 Å². The van der Waals surface area contributed by atoms with Gasteiger partial charge in [-0.05, 0) is 24.6 Å². The lowest BCUT2D eigenvalue weighted by atomic mass is 10.1. The molecule has 0 saturated heterocycles. The van der Waals surface area contributed by atoms with Crippen LogP contribution in [0.15, 0.2) is 22.0 Å². The van der Waals surface area contributed by atoms with Gasteiger partial charge < -0.3 is 11.5 Å². The highest BCUT2D eigenvalue weighted by molar-refractivity contribution is 7.90. The first-order chi connectivity index (χ1) is 8.14. The third-order valence-corrected chi connectivity index (χ3v) is 3.88. The normalized spacial score (nSPS) is 11.1. The molecule has 0 saturated carbocycles. The van der Waals surface area contributed by atoms with Crippen molar-refractivity contribution in [2.24, 2.45) is 16.5 Å². The number of hydrogen-bond donors (Lipinski definition) is 2. The van der Waals surface area contributed by atoms with Crippen LogP contribution in [0.4, 0.5) is 0 Å². The molecule has 0 aromatic heterocycles. The van der Waals surface area contributed by atoms with Crippen molar-refractivity contribution in [1.82, 2.24) is 0 Å². The van der Waals surface area contributed by atoms with E-state index in [1.807, 2.05) is 0 Å². The quantitative estimate of drug-likeness (QED) is 0.606. The average Bonchev–Trinajstić information content (AvgIpc) is 2.13. The molecule has 0 atom stereocenters. The molecule has 1 aromatic carbocycles. The maximum absolute atomic E-state index is 11.7. The molecule has 1 amide bonds. The average molecular weight is 290 g/mol. The Kier molecular flexibility index (Phi) is 3.98. The zero-order valence-electron chi connectivity index (χ0n) is 9.77. The fraction of sp³-hybridized carbons (Fsp3) is 0.200. The fourth-order valence-electron chi connectivity index (χ4n) is 1.52.